The molecule has 1 N–H and O–H groups in total. The maximum Gasteiger partial charge on any atom is 0.247 e. The number of likely N-dealkylation sites (tertiary alicyclic amines) is 1. The Bertz CT molecular complexity index is 715. The van der Waals surface area contributed by atoms with E-state index in [1.165, 1.54) is 5.56 Å². The fraction of sp³-hybridized carbons (Fsp3) is 0.381. The van der Waals surface area contributed by atoms with Gasteiger partial charge in [0.15, 0.2) is 0 Å². The van der Waals surface area contributed by atoms with Crippen LogP contribution in [-0.4, -0.2) is 42.6 Å². The van der Waals surface area contributed by atoms with Gasteiger partial charge < -0.3 is 15.1 Å². The van der Waals surface area contributed by atoms with E-state index in [4.69, 9.17) is 0 Å². The molecule has 1 amide bonds. The molecule has 0 atom stereocenters. The Morgan fingerprint density at radius 3 is 2.42 bits per heavy atom. The Labute approximate surface area is 180 Å². The van der Waals surface area contributed by atoms with E-state index in [1.807, 2.05) is 30.3 Å². The van der Waals surface area contributed by atoms with Gasteiger partial charge in [-0.2, -0.15) is 35.9 Å². The van der Waals surface area contributed by atoms with E-state index in [0.717, 1.165) is 44.6 Å². The third-order valence-corrected chi connectivity index (χ3v) is 5.59. The molecule has 0 aromatic heterocycles. The number of hydrogen-bond donors (Lipinski definition) is 1. The summed E-state index contributed by atoms with van der Waals surface area (Å²) in [5, 5.41) is 3.07. The molecule has 0 bridgehead atoms. The van der Waals surface area contributed by atoms with Gasteiger partial charge in [-0.3, -0.25) is 4.79 Å². The summed E-state index contributed by atoms with van der Waals surface area (Å²) in [5.74, 6) is 0.189. The number of amides is 1. The van der Waals surface area contributed by atoms with Crippen molar-refractivity contribution in [1.29, 1.82) is 0 Å². The summed E-state index contributed by atoms with van der Waals surface area (Å²) in [5.41, 5.74) is 2.11. The van der Waals surface area contributed by atoms with Crippen LogP contribution in [0.15, 0.2) is 54.6 Å². The van der Waals surface area contributed by atoms with Gasteiger partial charge in [0.2, 0.25) is 5.91 Å². The summed E-state index contributed by atoms with van der Waals surface area (Å²) in [6, 6.07) is 21.6. The molecule has 2 saturated heterocycles. The first-order chi connectivity index (χ1) is 12.3. The fourth-order valence-corrected chi connectivity index (χ4v) is 4.05. The predicted molar refractivity (Wildman–Crippen MR) is 99.3 cm³/mol. The minimum atomic E-state index is -0.375. The maximum atomic E-state index is 12.6. The third kappa shape index (κ3) is 3.88. The Morgan fingerprint density at radius 1 is 1.04 bits per heavy atom. The van der Waals surface area contributed by atoms with Gasteiger partial charge in [0.05, 0.1) is 6.67 Å². The number of nitrogens with zero attached hydrogens (tertiary/aromatic N) is 2. The fourth-order valence-electron chi connectivity index (χ4n) is 4.05. The summed E-state index contributed by atoms with van der Waals surface area (Å²) in [6.45, 7) is 3.60. The van der Waals surface area contributed by atoms with Crippen molar-refractivity contribution in [3.05, 3.63) is 66.2 Å². The third-order valence-electron chi connectivity index (χ3n) is 5.59. The van der Waals surface area contributed by atoms with Crippen LogP contribution in [0.1, 0.15) is 18.4 Å². The van der Waals surface area contributed by atoms with E-state index in [9.17, 15) is 4.79 Å². The molecule has 2 heterocycles. The van der Waals surface area contributed by atoms with Crippen molar-refractivity contribution < 1.29 is 37.5 Å². The number of para-hydroxylation sites is 1. The molecule has 2 fully saturated rings. The molecule has 4 nitrogen and oxygen atoms in total. The van der Waals surface area contributed by atoms with Gasteiger partial charge in [-0.25, -0.2) is 0 Å². The number of anilines is 1. The molecule has 2 aliphatic rings. The molecule has 1 radical (unpaired) electrons. The predicted octanol–water partition coefficient (Wildman–Crippen LogP) is 2.46. The Balaban J connectivity index is 0.00000196. The minimum Gasteiger partial charge on any atom is -0.339 e. The maximum absolute atomic E-state index is 12.6. The molecule has 0 aliphatic carbocycles. The number of benzene rings is 2. The average molecular weight is 423 g/mol. The van der Waals surface area contributed by atoms with Crippen molar-refractivity contribution in [3.8, 4) is 0 Å². The number of piperidine rings is 1. The Hall–Kier alpha value is -1.23. The average Bonchev–Trinajstić information content (AvgIpc) is 2.99. The van der Waals surface area contributed by atoms with E-state index in [0.29, 0.717) is 6.67 Å². The molecule has 2 aliphatic heterocycles. The van der Waals surface area contributed by atoms with Crippen molar-refractivity contribution in [2.45, 2.75) is 24.8 Å². The van der Waals surface area contributed by atoms with Crippen molar-refractivity contribution in [2.24, 2.45) is 0 Å². The summed E-state index contributed by atoms with van der Waals surface area (Å²) in [4.78, 5) is 17.4. The second-order valence-corrected chi connectivity index (χ2v) is 6.96. The Kier molecular flexibility index (Phi) is 6.49. The first-order valence-electron chi connectivity index (χ1n) is 9.06. The van der Waals surface area contributed by atoms with Crippen LogP contribution in [0, 0.1) is 6.07 Å². The van der Waals surface area contributed by atoms with Crippen LogP contribution >= 0.6 is 0 Å². The molecule has 26 heavy (non-hydrogen) atoms. The van der Waals surface area contributed by atoms with Gasteiger partial charge >= 0.3 is 0 Å². The number of carbonyl (C=O) groups is 1. The van der Waals surface area contributed by atoms with Crippen LogP contribution in [0.5, 0.6) is 0 Å². The van der Waals surface area contributed by atoms with Crippen LogP contribution in [0.25, 0.3) is 0 Å². The van der Waals surface area contributed by atoms with E-state index in [1.54, 1.807) is 0 Å². The van der Waals surface area contributed by atoms with Gasteiger partial charge in [-0.05, 0) is 31.4 Å². The zero-order valence-corrected chi connectivity index (χ0v) is 17.9. The molecule has 0 unspecified atom stereocenters. The van der Waals surface area contributed by atoms with E-state index < -0.39 is 0 Å². The molecule has 0 saturated carbocycles. The van der Waals surface area contributed by atoms with Crippen LogP contribution in [0.3, 0.4) is 0 Å². The summed E-state index contributed by atoms with van der Waals surface area (Å²) in [6.07, 6.45) is 2.82. The first kappa shape index (κ1) is 19.5. The standard InChI is InChI=1S/C21H24N3O.Y/c25-20-21(24(17-22-20)19-9-5-2-6-10-19)12-15-23(16-13-21)14-11-18-7-3-1-4-8-18;/h2-10H,11-17H2,(H,22,25);/q-1;. The summed E-state index contributed by atoms with van der Waals surface area (Å²) in [7, 11) is 0. The van der Waals surface area contributed by atoms with Crippen molar-refractivity contribution >= 4 is 11.6 Å². The van der Waals surface area contributed by atoms with Crippen LogP contribution < -0.4 is 10.2 Å². The molecule has 2 aromatic rings. The van der Waals surface area contributed by atoms with E-state index in [-0.39, 0.29) is 44.2 Å². The van der Waals surface area contributed by atoms with E-state index >= 15 is 0 Å². The first-order valence-corrected chi connectivity index (χ1v) is 9.06. The van der Waals surface area contributed by atoms with Crippen molar-refractivity contribution in [3.63, 3.8) is 0 Å². The second-order valence-electron chi connectivity index (χ2n) is 6.96. The van der Waals surface area contributed by atoms with E-state index in [2.05, 4.69) is 45.4 Å². The minimum absolute atomic E-state index is 0. The second kappa shape index (κ2) is 8.64. The zero-order valence-electron chi connectivity index (χ0n) is 15.0. The molecule has 5 heteroatoms. The smallest absolute Gasteiger partial charge is 0.247 e. The molecule has 2 aromatic carbocycles. The van der Waals surface area contributed by atoms with Crippen LogP contribution in [0.2, 0.25) is 0 Å². The van der Waals surface area contributed by atoms with Crippen LogP contribution in [-0.2, 0) is 43.9 Å². The summed E-state index contributed by atoms with van der Waals surface area (Å²) >= 11 is 0. The van der Waals surface area contributed by atoms with Gasteiger partial charge in [0.1, 0.15) is 5.54 Å². The molecule has 4 rings (SSSR count). The van der Waals surface area contributed by atoms with Crippen LogP contribution in [0.4, 0.5) is 5.69 Å². The summed E-state index contributed by atoms with van der Waals surface area (Å²) < 4.78 is 0. The van der Waals surface area contributed by atoms with Gasteiger partial charge in [0, 0.05) is 58.0 Å². The molecule has 1 spiro atoms. The van der Waals surface area contributed by atoms with Gasteiger partial charge in [-0.1, -0.05) is 18.2 Å². The number of carbonyl (C=O) groups excluding carboxylic acids is 1. The quantitative estimate of drug-likeness (QED) is 0.768. The molecular weight excluding hydrogens is 399 g/mol. The van der Waals surface area contributed by atoms with Crippen molar-refractivity contribution in [2.75, 3.05) is 31.2 Å². The number of nitrogens with one attached hydrogen (secondary N) is 1. The molecule has 133 valence electrons. The molecular formula is C21H24N3OY-. The SMILES string of the molecule is O=C1NCN(c2ccccc2)C12CCN(CCc1cc[c-]cc1)CC2.[Y]. The zero-order chi connectivity index (χ0) is 17.1. The topological polar surface area (TPSA) is 35.6 Å². The monoisotopic (exact) mass is 423 g/mol. The van der Waals surface area contributed by atoms with Gasteiger partial charge in [0.25, 0.3) is 0 Å². The van der Waals surface area contributed by atoms with Gasteiger partial charge in [-0.15, -0.1) is 0 Å². The normalized spacial score (nSPS) is 19.2. The largest absolute Gasteiger partial charge is 0.339 e. The Morgan fingerprint density at radius 2 is 1.73 bits per heavy atom. The van der Waals surface area contributed by atoms with Crippen molar-refractivity contribution in [1.82, 2.24) is 10.2 Å². The number of rotatable bonds is 4. The number of hydrogen-bond acceptors (Lipinski definition) is 3.